The van der Waals surface area contributed by atoms with Crippen molar-refractivity contribution >= 4 is 5.97 Å². The Morgan fingerprint density at radius 3 is 2.38 bits per heavy atom. The number of ether oxygens (including phenoxy) is 1. The van der Waals surface area contributed by atoms with Crippen LogP contribution in [0.3, 0.4) is 0 Å². The third-order valence-corrected chi connectivity index (χ3v) is 6.19. The van der Waals surface area contributed by atoms with Gasteiger partial charge in [0.05, 0.1) is 18.6 Å². The average molecular weight is 405 g/mol. The van der Waals surface area contributed by atoms with E-state index in [4.69, 9.17) is 19.6 Å². The van der Waals surface area contributed by atoms with Gasteiger partial charge in [0, 0.05) is 0 Å². The summed E-state index contributed by atoms with van der Waals surface area (Å²) in [5, 5.41) is 8.83. The molecule has 0 spiro atoms. The van der Waals surface area contributed by atoms with Crippen molar-refractivity contribution in [2.24, 2.45) is 5.92 Å². The van der Waals surface area contributed by atoms with Gasteiger partial charge in [0.1, 0.15) is 12.2 Å². The van der Waals surface area contributed by atoms with Gasteiger partial charge in [-0.05, 0) is 50.9 Å². The van der Waals surface area contributed by atoms with Gasteiger partial charge in [0.15, 0.2) is 0 Å². The SMILES string of the molecule is O=C(O)C[C@@H]1CC[C@@H]([C@@H]2CC[C@@H](CCCCCC[C@H]3C=CC=CC=CC3)O2)OO1. The van der Waals surface area contributed by atoms with E-state index in [2.05, 4.69) is 36.5 Å². The van der Waals surface area contributed by atoms with Gasteiger partial charge in [-0.15, -0.1) is 0 Å². The van der Waals surface area contributed by atoms with Gasteiger partial charge in [-0.2, -0.15) is 0 Å². The summed E-state index contributed by atoms with van der Waals surface area (Å²) in [6.07, 6.45) is 25.5. The molecular formula is C24H36O5. The molecule has 162 valence electrons. The highest BCUT2D eigenvalue weighted by Crippen LogP contribution is 2.32. The Balaban J connectivity index is 1.22. The lowest BCUT2D eigenvalue weighted by Crippen LogP contribution is -2.37. The van der Waals surface area contributed by atoms with Crippen LogP contribution in [-0.2, 0) is 19.3 Å². The molecule has 0 aromatic rings. The van der Waals surface area contributed by atoms with Crippen LogP contribution in [0, 0.1) is 5.92 Å². The van der Waals surface area contributed by atoms with Crippen molar-refractivity contribution in [1.29, 1.82) is 0 Å². The third kappa shape index (κ3) is 8.07. The van der Waals surface area contributed by atoms with Crippen LogP contribution in [0.15, 0.2) is 36.5 Å². The Hall–Kier alpha value is -1.43. The van der Waals surface area contributed by atoms with Crippen molar-refractivity contribution in [2.75, 3.05) is 0 Å². The molecule has 29 heavy (non-hydrogen) atoms. The molecule has 2 heterocycles. The van der Waals surface area contributed by atoms with E-state index in [-0.39, 0.29) is 24.7 Å². The summed E-state index contributed by atoms with van der Waals surface area (Å²) in [7, 11) is 0. The number of carboxylic acids is 1. The molecule has 2 fully saturated rings. The van der Waals surface area contributed by atoms with E-state index in [1.807, 2.05) is 0 Å². The number of rotatable bonds is 10. The highest BCUT2D eigenvalue weighted by atomic mass is 17.2. The van der Waals surface area contributed by atoms with Gasteiger partial charge in [-0.3, -0.25) is 4.79 Å². The van der Waals surface area contributed by atoms with Gasteiger partial charge >= 0.3 is 5.97 Å². The molecule has 0 unspecified atom stereocenters. The normalized spacial score (nSPS) is 32.2. The van der Waals surface area contributed by atoms with E-state index in [1.54, 1.807) is 0 Å². The molecule has 3 rings (SSSR count). The fraction of sp³-hybridized carbons (Fsp3) is 0.708. The zero-order valence-corrected chi connectivity index (χ0v) is 17.4. The van der Waals surface area contributed by atoms with E-state index in [0.29, 0.717) is 12.0 Å². The zero-order chi connectivity index (χ0) is 20.3. The predicted molar refractivity (Wildman–Crippen MR) is 112 cm³/mol. The number of hydrogen-bond donors (Lipinski definition) is 1. The highest BCUT2D eigenvalue weighted by molar-refractivity contribution is 5.67. The van der Waals surface area contributed by atoms with E-state index in [0.717, 1.165) is 38.5 Å². The maximum atomic E-state index is 10.8. The smallest absolute Gasteiger partial charge is 0.306 e. The van der Waals surface area contributed by atoms with Gasteiger partial charge < -0.3 is 9.84 Å². The van der Waals surface area contributed by atoms with Crippen molar-refractivity contribution < 1.29 is 24.4 Å². The lowest BCUT2D eigenvalue weighted by atomic mass is 9.95. The molecule has 3 aliphatic rings. The molecule has 5 atom stereocenters. The zero-order valence-electron chi connectivity index (χ0n) is 17.4. The first-order valence-corrected chi connectivity index (χ1v) is 11.4. The second-order valence-electron chi connectivity index (χ2n) is 8.59. The lowest BCUT2D eigenvalue weighted by molar-refractivity contribution is -0.385. The molecule has 0 radical (unpaired) electrons. The molecule has 5 heteroatoms. The van der Waals surface area contributed by atoms with Crippen molar-refractivity contribution in [2.45, 2.75) is 101 Å². The van der Waals surface area contributed by atoms with Crippen LogP contribution in [-0.4, -0.2) is 35.5 Å². The summed E-state index contributed by atoms with van der Waals surface area (Å²) >= 11 is 0. The molecule has 2 aliphatic heterocycles. The standard InChI is InChI=1S/C24H36O5/c25-24(26)18-21-15-17-23(29-28-21)22-16-14-20(27-22)13-9-5-4-8-12-19-10-6-2-1-3-7-11-19/h1-3,6-7,10,19-23H,4-5,8-9,11-18H2,(H,25,26)/t19-,20+,21-,22-,23-/m0/s1. The minimum atomic E-state index is -0.843. The molecule has 0 aromatic heterocycles. The summed E-state index contributed by atoms with van der Waals surface area (Å²) in [5.41, 5.74) is 0. The van der Waals surface area contributed by atoms with Crippen LogP contribution < -0.4 is 0 Å². The number of carboxylic acid groups (broad SMARTS) is 1. The average Bonchev–Trinajstić information content (AvgIpc) is 3.15. The molecule has 0 bridgehead atoms. The Labute approximate surface area is 174 Å². The Morgan fingerprint density at radius 2 is 1.59 bits per heavy atom. The minimum absolute atomic E-state index is 0.00561. The van der Waals surface area contributed by atoms with Gasteiger partial charge in [-0.25, -0.2) is 9.78 Å². The molecule has 0 saturated carbocycles. The molecule has 1 N–H and O–H groups in total. The second-order valence-corrected chi connectivity index (χ2v) is 8.59. The van der Waals surface area contributed by atoms with E-state index in [1.165, 1.54) is 32.1 Å². The monoisotopic (exact) mass is 404 g/mol. The van der Waals surface area contributed by atoms with Gasteiger partial charge in [0.2, 0.25) is 0 Å². The van der Waals surface area contributed by atoms with Crippen LogP contribution in [0.1, 0.15) is 77.0 Å². The number of unbranched alkanes of at least 4 members (excludes halogenated alkanes) is 3. The Kier molecular flexibility index (Phi) is 9.45. The fourth-order valence-electron chi connectivity index (χ4n) is 4.50. The van der Waals surface area contributed by atoms with Crippen molar-refractivity contribution in [3.05, 3.63) is 36.5 Å². The summed E-state index contributed by atoms with van der Waals surface area (Å²) in [4.78, 5) is 21.5. The van der Waals surface area contributed by atoms with Crippen LogP contribution in [0.25, 0.3) is 0 Å². The van der Waals surface area contributed by atoms with E-state index in [9.17, 15) is 4.79 Å². The molecular weight excluding hydrogens is 368 g/mol. The van der Waals surface area contributed by atoms with Crippen LogP contribution in [0.2, 0.25) is 0 Å². The molecule has 5 nitrogen and oxygen atoms in total. The first kappa shape index (κ1) is 22.3. The first-order valence-electron chi connectivity index (χ1n) is 11.4. The van der Waals surface area contributed by atoms with Gasteiger partial charge in [-0.1, -0.05) is 62.1 Å². The second kappa shape index (κ2) is 12.3. The van der Waals surface area contributed by atoms with Crippen LogP contribution in [0.4, 0.5) is 0 Å². The molecule has 1 aliphatic carbocycles. The maximum absolute atomic E-state index is 10.8. The van der Waals surface area contributed by atoms with Crippen LogP contribution >= 0.6 is 0 Å². The number of allylic oxidation sites excluding steroid dienone is 6. The molecule has 0 aromatic carbocycles. The molecule has 2 saturated heterocycles. The van der Waals surface area contributed by atoms with Crippen molar-refractivity contribution in [3.63, 3.8) is 0 Å². The highest BCUT2D eigenvalue weighted by Gasteiger charge is 2.36. The summed E-state index contributed by atoms with van der Waals surface area (Å²) in [6.45, 7) is 0. The van der Waals surface area contributed by atoms with E-state index < -0.39 is 5.97 Å². The quantitative estimate of drug-likeness (QED) is 0.384. The summed E-state index contributed by atoms with van der Waals surface area (Å²) < 4.78 is 6.20. The van der Waals surface area contributed by atoms with Gasteiger partial charge in [0.25, 0.3) is 0 Å². The fourth-order valence-corrected chi connectivity index (χ4v) is 4.50. The predicted octanol–water partition coefficient (Wildman–Crippen LogP) is 5.52. The maximum Gasteiger partial charge on any atom is 0.306 e. The largest absolute Gasteiger partial charge is 0.481 e. The topological polar surface area (TPSA) is 65.0 Å². The first-order chi connectivity index (χ1) is 14.2. The molecule has 0 amide bonds. The third-order valence-electron chi connectivity index (χ3n) is 6.19. The lowest BCUT2D eigenvalue weighted by Gasteiger charge is -2.30. The van der Waals surface area contributed by atoms with Crippen molar-refractivity contribution in [3.8, 4) is 0 Å². The van der Waals surface area contributed by atoms with E-state index >= 15 is 0 Å². The number of hydrogen-bond acceptors (Lipinski definition) is 4. The Morgan fingerprint density at radius 1 is 0.828 bits per heavy atom. The Bertz CT molecular complexity index is 574. The summed E-state index contributed by atoms with van der Waals surface area (Å²) in [6, 6.07) is 0. The van der Waals surface area contributed by atoms with Crippen molar-refractivity contribution in [1.82, 2.24) is 0 Å². The number of aliphatic carboxylic acids is 1. The minimum Gasteiger partial charge on any atom is -0.481 e. The number of carbonyl (C=O) groups is 1. The summed E-state index contributed by atoms with van der Waals surface area (Å²) in [5.74, 6) is -0.160. The van der Waals surface area contributed by atoms with Crippen LogP contribution in [0.5, 0.6) is 0 Å².